The number of piperidine rings is 1. The van der Waals surface area contributed by atoms with E-state index in [1.54, 1.807) is 5.48 Å². The average molecular weight is 438 g/mol. The van der Waals surface area contributed by atoms with E-state index in [9.17, 15) is 14.8 Å². The van der Waals surface area contributed by atoms with E-state index < -0.39 is 17.9 Å². The molecule has 0 unspecified atom stereocenters. The molecule has 8 nitrogen and oxygen atoms in total. The molecule has 1 saturated carbocycles. The van der Waals surface area contributed by atoms with E-state index in [1.807, 2.05) is 23.2 Å². The Balaban J connectivity index is 1.33. The second kappa shape index (κ2) is 8.01. The first-order chi connectivity index (χ1) is 15.4. The summed E-state index contributed by atoms with van der Waals surface area (Å²) in [5, 5.41) is 9.27. The highest BCUT2D eigenvalue weighted by Gasteiger charge is 2.55. The van der Waals surface area contributed by atoms with Crippen LogP contribution >= 0.6 is 0 Å². The summed E-state index contributed by atoms with van der Waals surface area (Å²) in [5.74, 6) is -0.988. The van der Waals surface area contributed by atoms with Gasteiger partial charge in [-0.1, -0.05) is 12.1 Å². The fourth-order valence-electron chi connectivity index (χ4n) is 5.62. The van der Waals surface area contributed by atoms with Crippen LogP contribution in [0.25, 0.3) is 16.6 Å². The maximum absolute atomic E-state index is 13.5. The molecule has 2 N–H and O–H groups in total. The minimum absolute atomic E-state index is 0.0218. The van der Waals surface area contributed by atoms with Crippen LogP contribution in [0.1, 0.15) is 38.2 Å². The van der Waals surface area contributed by atoms with Gasteiger partial charge >= 0.3 is 0 Å². The standard InChI is InChI=1S/C24H31N5O3/c1-3-28-15-25-19-5-4-17(12-20(19)28)16-6-10-29(11-7-16)23(31)21-18(22(30)26-32)13-24(8-9-24)14-27(21)2/h4-6,12,15,18,21,32H,3,7-11,13-14H2,1-2H3,(H,26,30)/t18-,21-/m0/s1. The van der Waals surface area contributed by atoms with Gasteiger partial charge in [0.1, 0.15) is 6.04 Å². The van der Waals surface area contributed by atoms with Crippen LogP contribution in [-0.2, 0) is 16.1 Å². The Bertz CT molecular complexity index is 1090. The highest BCUT2D eigenvalue weighted by Crippen LogP contribution is 2.54. The van der Waals surface area contributed by atoms with Gasteiger partial charge in [-0.3, -0.25) is 19.7 Å². The van der Waals surface area contributed by atoms with Crippen molar-refractivity contribution in [1.29, 1.82) is 0 Å². The van der Waals surface area contributed by atoms with Gasteiger partial charge in [-0.25, -0.2) is 10.5 Å². The number of imidazole rings is 1. The smallest absolute Gasteiger partial charge is 0.248 e. The largest absolute Gasteiger partial charge is 0.337 e. The molecule has 0 radical (unpaired) electrons. The summed E-state index contributed by atoms with van der Waals surface area (Å²) in [5.41, 5.74) is 6.46. The molecule has 3 aliphatic rings. The summed E-state index contributed by atoms with van der Waals surface area (Å²) >= 11 is 0. The van der Waals surface area contributed by atoms with E-state index in [-0.39, 0.29) is 11.3 Å². The lowest BCUT2D eigenvalue weighted by Gasteiger charge is -2.43. The summed E-state index contributed by atoms with van der Waals surface area (Å²) in [6.07, 6.45) is 7.61. The van der Waals surface area contributed by atoms with Gasteiger partial charge < -0.3 is 9.47 Å². The van der Waals surface area contributed by atoms with Gasteiger partial charge in [-0.05, 0) is 68.3 Å². The van der Waals surface area contributed by atoms with E-state index in [0.29, 0.717) is 19.5 Å². The normalized spacial score (nSPS) is 25.1. The SMILES string of the molecule is CCn1cnc2ccc(C3=CCN(C(=O)[C@@H]4[C@@H](C(=O)NO)CC5(CC5)CN4C)CC3)cc21. The maximum atomic E-state index is 13.5. The number of hydrogen-bond donors (Lipinski definition) is 2. The number of likely N-dealkylation sites (tertiary alicyclic amines) is 1. The number of benzene rings is 1. The summed E-state index contributed by atoms with van der Waals surface area (Å²) in [4.78, 5) is 34.2. The third-order valence-corrected chi connectivity index (χ3v) is 7.60. The number of fused-ring (bicyclic) bond motifs is 1. The molecule has 3 heterocycles. The Labute approximate surface area is 187 Å². The highest BCUT2D eigenvalue weighted by atomic mass is 16.5. The van der Waals surface area contributed by atoms with Crippen molar-refractivity contribution in [2.75, 3.05) is 26.7 Å². The second-order valence-electron chi connectivity index (χ2n) is 9.64. The maximum Gasteiger partial charge on any atom is 0.248 e. The number of carbonyl (C=O) groups excluding carboxylic acids is 2. The van der Waals surface area contributed by atoms with Gasteiger partial charge in [0, 0.05) is 26.2 Å². The number of hydroxylamine groups is 1. The first kappa shape index (κ1) is 21.2. The number of hydrogen-bond acceptors (Lipinski definition) is 5. The third kappa shape index (κ3) is 3.61. The zero-order chi connectivity index (χ0) is 22.5. The van der Waals surface area contributed by atoms with Crippen LogP contribution in [0.3, 0.4) is 0 Å². The zero-order valence-corrected chi connectivity index (χ0v) is 18.8. The van der Waals surface area contributed by atoms with Crippen LogP contribution in [0.15, 0.2) is 30.6 Å². The summed E-state index contributed by atoms with van der Waals surface area (Å²) in [6, 6.07) is 5.81. The molecule has 2 atom stereocenters. The van der Waals surface area contributed by atoms with Crippen molar-refractivity contribution in [3.05, 3.63) is 36.2 Å². The lowest BCUT2D eigenvalue weighted by atomic mass is 9.80. The molecule has 1 spiro atoms. The number of nitrogens with zero attached hydrogens (tertiary/aromatic N) is 4. The minimum atomic E-state index is -0.529. The molecule has 1 saturated heterocycles. The van der Waals surface area contributed by atoms with Gasteiger partial charge in [0.15, 0.2) is 0 Å². The van der Waals surface area contributed by atoms with Crippen LogP contribution in [0.2, 0.25) is 0 Å². The van der Waals surface area contributed by atoms with Gasteiger partial charge in [0.2, 0.25) is 11.8 Å². The number of carbonyl (C=O) groups is 2. The van der Waals surface area contributed by atoms with E-state index in [4.69, 9.17) is 0 Å². The number of aromatic nitrogens is 2. The third-order valence-electron chi connectivity index (χ3n) is 7.60. The van der Waals surface area contributed by atoms with Gasteiger partial charge in [-0.15, -0.1) is 0 Å². The van der Waals surface area contributed by atoms with Gasteiger partial charge in [0.05, 0.1) is 23.3 Å². The molecule has 170 valence electrons. The number of rotatable bonds is 4. The Morgan fingerprint density at radius 2 is 2.12 bits per heavy atom. The molecule has 32 heavy (non-hydrogen) atoms. The van der Waals surface area contributed by atoms with Crippen LogP contribution in [0.5, 0.6) is 0 Å². The van der Waals surface area contributed by atoms with Crippen LogP contribution in [0.4, 0.5) is 0 Å². The highest BCUT2D eigenvalue weighted by molar-refractivity contribution is 5.91. The fourth-order valence-corrected chi connectivity index (χ4v) is 5.62. The van der Waals surface area contributed by atoms with E-state index in [2.05, 4.69) is 40.7 Å². The van der Waals surface area contributed by atoms with E-state index in [0.717, 1.165) is 43.4 Å². The predicted molar refractivity (Wildman–Crippen MR) is 121 cm³/mol. The Morgan fingerprint density at radius 3 is 2.78 bits per heavy atom. The zero-order valence-electron chi connectivity index (χ0n) is 18.8. The summed E-state index contributed by atoms with van der Waals surface area (Å²) in [6.45, 7) is 4.97. The van der Waals surface area contributed by atoms with Crippen molar-refractivity contribution < 1.29 is 14.8 Å². The van der Waals surface area contributed by atoms with Crippen LogP contribution < -0.4 is 5.48 Å². The molecule has 2 fully saturated rings. The molecular formula is C24H31N5O3. The molecule has 1 aromatic heterocycles. The van der Waals surface area contributed by atoms with Crippen molar-refractivity contribution in [3.63, 3.8) is 0 Å². The van der Waals surface area contributed by atoms with Crippen molar-refractivity contribution in [3.8, 4) is 0 Å². The molecule has 5 rings (SSSR count). The minimum Gasteiger partial charge on any atom is -0.337 e. The fraction of sp³-hybridized carbons (Fsp3) is 0.542. The van der Waals surface area contributed by atoms with Crippen molar-refractivity contribution in [1.82, 2.24) is 24.8 Å². The van der Waals surface area contributed by atoms with Crippen LogP contribution in [-0.4, -0.2) is 69.1 Å². The van der Waals surface area contributed by atoms with E-state index in [1.165, 1.54) is 11.1 Å². The quantitative estimate of drug-likeness (QED) is 0.566. The molecule has 2 aliphatic heterocycles. The number of aryl methyl sites for hydroxylation is 1. The Morgan fingerprint density at radius 1 is 1.31 bits per heavy atom. The molecule has 2 amide bonds. The average Bonchev–Trinajstić information content (AvgIpc) is 3.42. The van der Waals surface area contributed by atoms with E-state index >= 15 is 0 Å². The monoisotopic (exact) mass is 437 g/mol. The van der Waals surface area contributed by atoms with Crippen molar-refractivity contribution in [2.24, 2.45) is 11.3 Å². The Hall–Kier alpha value is -2.71. The lowest BCUT2D eigenvalue weighted by molar-refractivity contribution is -0.150. The van der Waals surface area contributed by atoms with Crippen LogP contribution in [0, 0.1) is 11.3 Å². The summed E-state index contributed by atoms with van der Waals surface area (Å²) < 4.78 is 2.13. The first-order valence-electron chi connectivity index (χ1n) is 11.5. The molecule has 8 heteroatoms. The number of likely N-dealkylation sites (N-methyl/N-ethyl adjacent to an activating group) is 1. The van der Waals surface area contributed by atoms with Crippen molar-refractivity contribution >= 4 is 28.4 Å². The molecular weight excluding hydrogens is 406 g/mol. The predicted octanol–water partition coefficient (Wildman–Crippen LogP) is 2.28. The second-order valence-corrected chi connectivity index (χ2v) is 9.64. The van der Waals surface area contributed by atoms with Crippen molar-refractivity contribution in [2.45, 2.75) is 45.2 Å². The number of amides is 2. The first-order valence-corrected chi connectivity index (χ1v) is 11.5. The van der Waals surface area contributed by atoms with Gasteiger partial charge in [0.25, 0.3) is 0 Å². The molecule has 2 aromatic rings. The molecule has 0 bridgehead atoms. The number of nitrogens with one attached hydrogen (secondary N) is 1. The molecule has 1 aromatic carbocycles. The topological polar surface area (TPSA) is 90.7 Å². The lowest BCUT2D eigenvalue weighted by Crippen LogP contribution is -2.59. The molecule has 1 aliphatic carbocycles. The summed E-state index contributed by atoms with van der Waals surface area (Å²) in [7, 11) is 1.93. The Kier molecular flexibility index (Phi) is 5.29. The van der Waals surface area contributed by atoms with Gasteiger partial charge in [-0.2, -0.15) is 0 Å².